The number of halogens is 1. The van der Waals surface area contributed by atoms with Crippen molar-refractivity contribution >= 4 is 27.5 Å². The lowest BCUT2D eigenvalue weighted by molar-refractivity contribution is 0.0954. The van der Waals surface area contributed by atoms with E-state index in [1.165, 1.54) is 10.4 Å². The van der Waals surface area contributed by atoms with Crippen LogP contribution in [0.15, 0.2) is 53.4 Å². The lowest BCUT2D eigenvalue weighted by Gasteiger charge is -2.20. The van der Waals surface area contributed by atoms with E-state index in [2.05, 4.69) is 5.32 Å². The molecule has 1 aliphatic rings. The number of hydrogen-bond donors (Lipinski definition) is 1. The molecular formula is C21H25ClN2O3S. The summed E-state index contributed by atoms with van der Waals surface area (Å²) >= 11 is 5.87. The number of nitrogens with zero attached hydrogens (tertiary/aromatic N) is 1. The second kappa shape index (κ2) is 9.54. The van der Waals surface area contributed by atoms with Gasteiger partial charge in [-0.3, -0.25) is 4.79 Å². The summed E-state index contributed by atoms with van der Waals surface area (Å²) < 4.78 is 27.4. The van der Waals surface area contributed by atoms with Gasteiger partial charge >= 0.3 is 0 Å². The monoisotopic (exact) mass is 420 g/mol. The molecule has 1 amide bonds. The van der Waals surface area contributed by atoms with Crippen molar-refractivity contribution in [1.29, 1.82) is 0 Å². The summed E-state index contributed by atoms with van der Waals surface area (Å²) in [6.45, 7) is 1.54. The van der Waals surface area contributed by atoms with Gasteiger partial charge in [0.15, 0.2) is 0 Å². The molecular weight excluding hydrogens is 396 g/mol. The van der Waals surface area contributed by atoms with Crippen molar-refractivity contribution in [1.82, 2.24) is 9.62 Å². The van der Waals surface area contributed by atoms with Gasteiger partial charge in [-0.15, -0.1) is 0 Å². The molecule has 1 heterocycles. The fraction of sp³-hybridized carbons (Fsp3) is 0.381. The number of hydrogen-bond acceptors (Lipinski definition) is 3. The first kappa shape index (κ1) is 20.8. The van der Waals surface area contributed by atoms with E-state index in [4.69, 9.17) is 11.6 Å². The zero-order valence-corrected chi connectivity index (χ0v) is 17.3. The van der Waals surface area contributed by atoms with Crippen LogP contribution in [0.3, 0.4) is 0 Å². The maximum atomic E-state index is 12.9. The number of amides is 1. The molecule has 7 heteroatoms. The lowest BCUT2D eigenvalue weighted by Crippen LogP contribution is -2.32. The highest BCUT2D eigenvalue weighted by Crippen LogP contribution is 2.21. The molecule has 0 aliphatic carbocycles. The van der Waals surface area contributed by atoms with Gasteiger partial charge in [0.2, 0.25) is 10.0 Å². The minimum atomic E-state index is -3.57. The number of carbonyl (C=O) groups is 1. The third-order valence-corrected chi connectivity index (χ3v) is 7.06. The molecule has 0 unspecified atom stereocenters. The van der Waals surface area contributed by atoms with Crippen LogP contribution in [0.2, 0.25) is 5.02 Å². The highest BCUT2D eigenvalue weighted by molar-refractivity contribution is 7.89. The van der Waals surface area contributed by atoms with E-state index in [9.17, 15) is 13.2 Å². The Hall–Kier alpha value is -1.89. The minimum Gasteiger partial charge on any atom is -0.352 e. The van der Waals surface area contributed by atoms with Crippen LogP contribution in [0.25, 0.3) is 0 Å². The number of benzene rings is 2. The Morgan fingerprint density at radius 1 is 1.00 bits per heavy atom. The molecule has 5 nitrogen and oxygen atoms in total. The summed E-state index contributed by atoms with van der Waals surface area (Å²) in [6, 6.07) is 13.8. The standard InChI is InChI=1S/C21H25ClN2O3S/c22-19-10-8-17(9-11-19)12-13-23-21(25)18-6-5-7-20(16-18)28(26,27)24-14-3-1-2-4-15-24/h5-11,16H,1-4,12-15H2,(H,23,25). The molecule has 0 atom stereocenters. The third-order valence-electron chi connectivity index (χ3n) is 4.91. The Labute approximate surface area is 171 Å². The smallest absolute Gasteiger partial charge is 0.251 e. The summed E-state index contributed by atoms with van der Waals surface area (Å²) in [4.78, 5) is 12.6. The van der Waals surface area contributed by atoms with Gasteiger partial charge in [0.1, 0.15) is 0 Å². The van der Waals surface area contributed by atoms with E-state index in [0.717, 1.165) is 31.2 Å². The van der Waals surface area contributed by atoms with Gasteiger partial charge in [-0.05, 0) is 55.2 Å². The molecule has 1 fully saturated rings. The first-order valence-electron chi connectivity index (χ1n) is 9.60. The Morgan fingerprint density at radius 2 is 1.68 bits per heavy atom. The van der Waals surface area contributed by atoms with E-state index in [1.807, 2.05) is 24.3 Å². The van der Waals surface area contributed by atoms with Crippen molar-refractivity contribution in [2.45, 2.75) is 37.0 Å². The van der Waals surface area contributed by atoms with Gasteiger partial charge in [-0.25, -0.2) is 8.42 Å². The third kappa shape index (κ3) is 5.34. The average Bonchev–Trinajstić information content (AvgIpc) is 3.00. The van der Waals surface area contributed by atoms with Gasteiger partial charge < -0.3 is 5.32 Å². The van der Waals surface area contributed by atoms with Crippen molar-refractivity contribution in [2.75, 3.05) is 19.6 Å². The fourth-order valence-corrected chi connectivity index (χ4v) is 4.99. The normalized spacial score (nSPS) is 15.8. The van der Waals surface area contributed by atoms with Gasteiger partial charge in [0, 0.05) is 30.2 Å². The molecule has 0 bridgehead atoms. The zero-order valence-electron chi connectivity index (χ0n) is 15.7. The molecule has 28 heavy (non-hydrogen) atoms. The summed E-state index contributed by atoms with van der Waals surface area (Å²) in [5, 5.41) is 3.53. The number of sulfonamides is 1. The van der Waals surface area contributed by atoms with Crippen molar-refractivity contribution in [2.24, 2.45) is 0 Å². The number of carbonyl (C=O) groups excluding carboxylic acids is 1. The van der Waals surface area contributed by atoms with Crippen LogP contribution < -0.4 is 5.32 Å². The fourth-order valence-electron chi connectivity index (χ4n) is 3.30. The molecule has 0 saturated carbocycles. The van der Waals surface area contributed by atoms with Gasteiger partial charge in [0.25, 0.3) is 5.91 Å². The van der Waals surface area contributed by atoms with E-state index in [-0.39, 0.29) is 10.8 Å². The molecule has 0 radical (unpaired) electrons. The summed E-state index contributed by atoms with van der Waals surface area (Å²) in [6.07, 6.45) is 4.55. The van der Waals surface area contributed by atoms with Gasteiger partial charge in [-0.2, -0.15) is 4.31 Å². The summed E-state index contributed by atoms with van der Waals surface area (Å²) in [5.41, 5.74) is 1.43. The molecule has 1 aliphatic heterocycles. The Morgan fingerprint density at radius 3 is 2.36 bits per heavy atom. The zero-order chi connectivity index (χ0) is 20.0. The first-order chi connectivity index (χ1) is 13.5. The molecule has 150 valence electrons. The van der Waals surface area contributed by atoms with Crippen LogP contribution in [0.4, 0.5) is 0 Å². The molecule has 1 N–H and O–H groups in total. The quantitative estimate of drug-likeness (QED) is 0.771. The van der Waals surface area contributed by atoms with Crippen molar-refractivity contribution < 1.29 is 13.2 Å². The van der Waals surface area contributed by atoms with Crippen LogP contribution in [-0.2, 0) is 16.4 Å². The van der Waals surface area contributed by atoms with Crippen molar-refractivity contribution in [3.8, 4) is 0 Å². The molecule has 0 aromatic heterocycles. The highest BCUT2D eigenvalue weighted by atomic mass is 35.5. The molecule has 2 aromatic carbocycles. The lowest BCUT2D eigenvalue weighted by atomic mass is 10.1. The van der Waals surface area contributed by atoms with E-state index in [0.29, 0.717) is 36.6 Å². The molecule has 2 aromatic rings. The Bertz CT molecular complexity index is 906. The second-order valence-corrected chi connectivity index (χ2v) is 9.35. The maximum absolute atomic E-state index is 12.9. The Kier molecular flexibility index (Phi) is 7.10. The maximum Gasteiger partial charge on any atom is 0.251 e. The minimum absolute atomic E-state index is 0.180. The summed E-state index contributed by atoms with van der Waals surface area (Å²) in [5.74, 6) is -0.276. The SMILES string of the molecule is O=C(NCCc1ccc(Cl)cc1)c1cccc(S(=O)(=O)N2CCCCCC2)c1. The van der Waals surface area contributed by atoms with Crippen molar-refractivity contribution in [3.63, 3.8) is 0 Å². The largest absolute Gasteiger partial charge is 0.352 e. The van der Waals surface area contributed by atoms with E-state index < -0.39 is 10.0 Å². The van der Waals surface area contributed by atoms with E-state index in [1.54, 1.807) is 18.2 Å². The van der Waals surface area contributed by atoms with Gasteiger partial charge in [-0.1, -0.05) is 42.6 Å². The number of rotatable bonds is 6. The predicted molar refractivity (Wildman–Crippen MR) is 111 cm³/mol. The highest BCUT2D eigenvalue weighted by Gasteiger charge is 2.25. The van der Waals surface area contributed by atoms with Crippen LogP contribution in [0.1, 0.15) is 41.6 Å². The van der Waals surface area contributed by atoms with E-state index >= 15 is 0 Å². The Balaban J connectivity index is 1.64. The first-order valence-corrected chi connectivity index (χ1v) is 11.4. The van der Waals surface area contributed by atoms with Crippen molar-refractivity contribution in [3.05, 3.63) is 64.7 Å². The molecule has 3 rings (SSSR count). The molecule has 0 spiro atoms. The van der Waals surface area contributed by atoms with Crippen LogP contribution >= 0.6 is 11.6 Å². The number of nitrogens with one attached hydrogen (secondary N) is 1. The van der Waals surface area contributed by atoms with Crippen LogP contribution in [0.5, 0.6) is 0 Å². The topological polar surface area (TPSA) is 66.5 Å². The summed E-state index contributed by atoms with van der Waals surface area (Å²) in [7, 11) is -3.57. The van der Waals surface area contributed by atoms with Gasteiger partial charge in [0.05, 0.1) is 4.90 Å². The van der Waals surface area contributed by atoms with Crippen LogP contribution in [-0.4, -0.2) is 38.3 Å². The average molecular weight is 421 g/mol. The van der Waals surface area contributed by atoms with Crippen LogP contribution in [0, 0.1) is 0 Å². The second-order valence-electron chi connectivity index (χ2n) is 6.98. The molecule has 1 saturated heterocycles. The predicted octanol–water partition coefficient (Wildman–Crippen LogP) is 3.88.